The molecule has 1 atom stereocenters. The minimum absolute atomic E-state index is 0.207. The molecular weight excluding hydrogens is 359 g/mol. The van der Waals surface area contributed by atoms with E-state index >= 15 is 0 Å². The van der Waals surface area contributed by atoms with Crippen molar-refractivity contribution in [3.8, 4) is 0 Å². The summed E-state index contributed by atoms with van der Waals surface area (Å²) in [6.45, 7) is 2.12. The molecule has 3 rings (SSSR count). The molecule has 0 heterocycles. The monoisotopic (exact) mass is 382 g/mol. The van der Waals surface area contributed by atoms with Gasteiger partial charge in [0.05, 0.1) is 0 Å². The molecule has 0 spiro atoms. The third-order valence-electron chi connectivity index (χ3n) is 5.06. The maximum absolute atomic E-state index is 12.7. The van der Waals surface area contributed by atoms with Crippen molar-refractivity contribution >= 4 is 40.0 Å². The van der Waals surface area contributed by atoms with E-state index in [-0.39, 0.29) is 10.9 Å². The van der Waals surface area contributed by atoms with Gasteiger partial charge in [-0.1, -0.05) is 0 Å². The Balaban J connectivity index is 2.40. The molecule has 3 aromatic carbocycles. The number of hydrogen-bond acceptors (Lipinski definition) is 1. The fourth-order valence-electron chi connectivity index (χ4n) is 4.00. The molecule has 0 saturated heterocycles. The van der Waals surface area contributed by atoms with Crippen molar-refractivity contribution < 1.29 is 4.79 Å². The first-order valence-corrected chi connectivity index (χ1v) is 11.5. The van der Waals surface area contributed by atoms with Crippen LogP contribution in [0.2, 0.25) is 0 Å². The van der Waals surface area contributed by atoms with Crippen LogP contribution in [-0.4, -0.2) is 10.9 Å². The zero-order chi connectivity index (χ0) is 18.4. The van der Waals surface area contributed by atoms with Crippen LogP contribution in [0.15, 0.2) is 91.0 Å². The Bertz CT molecular complexity index is 737. The van der Waals surface area contributed by atoms with E-state index in [1.54, 1.807) is 0 Å². The van der Waals surface area contributed by atoms with Crippen molar-refractivity contribution in [2.24, 2.45) is 0 Å². The zero-order valence-corrected chi connectivity index (χ0v) is 16.7. The van der Waals surface area contributed by atoms with Gasteiger partial charge in [-0.15, -0.1) is 0 Å². The summed E-state index contributed by atoms with van der Waals surface area (Å²) in [7, 11) is -2.62. The molecule has 26 heavy (non-hydrogen) atoms. The SMILES string of the molecule is CCCC(C(=O)Cl)[PH](c1ccccc1)(c1ccccc1)c1ccccc1. The van der Waals surface area contributed by atoms with E-state index in [4.69, 9.17) is 11.6 Å². The van der Waals surface area contributed by atoms with Crippen molar-refractivity contribution in [1.29, 1.82) is 0 Å². The van der Waals surface area contributed by atoms with Crippen LogP contribution in [0.3, 0.4) is 0 Å². The summed E-state index contributed by atoms with van der Waals surface area (Å²) in [5.41, 5.74) is -0.207. The first-order valence-electron chi connectivity index (χ1n) is 9.07. The molecule has 0 aliphatic heterocycles. The number of carbonyl (C=O) groups is 1. The first kappa shape index (κ1) is 18.8. The van der Waals surface area contributed by atoms with E-state index in [0.29, 0.717) is 0 Å². The van der Waals surface area contributed by atoms with Gasteiger partial charge in [-0.25, -0.2) is 0 Å². The van der Waals surface area contributed by atoms with Gasteiger partial charge in [-0.2, -0.15) is 0 Å². The summed E-state index contributed by atoms with van der Waals surface area (Å²) in [6, 6.07) is 31.4. The summed E-state index contributed by atoms with van der Waals surface area (Å²) in [5, 5.41) is 3.45. The Morgan fingerprint density at radius 2 is 1.12 bits per heavy atom. The summed E-state index contributed by atoms with van der Waals surface area (Å²) in [4.78, 5) is 12.7. The molecule has 0 amide bonds. The molecular formula is C23H24ClOP. The molecule has 134 valence electrons. The number of hydrogen-bond donors (Lipinski definition) is 0. The van der Waals surface area contributed by atoms with Gasteiger partial charge < -0.3 is 0 Å². The summed E-state index contributed by atoms with van der Waals surface area (Å²) >= 11 is 6.25. The molecule has 0 aromatic heterocycles. The summed E-state index contributed by atoms with van der Waals surface area (Å²) in [6.07, 6.45) is 1.71. The Hall–Kier alpha value is -1.95. The topological polar surface area (TPSA) is 17.1 Å². The molecule has 0 fully saturated rings. The Morgan fingerprint density at radius 3 is 1.38 bits per heavy atom. The molecule has 3 heteroatoms. The fraction of sp³-hybridized carbons (Fsp3) is 0.174. The standard InChI is InChI=1S/C23H24ClOP/c1-2-12-22(23(24)25)26(19-13-6-3-7-14-19,20-15-8-4-9-16-20)21-17-10-5-11-18-21/h3-11,13-18,22,26H,2,12H2,1H3. The molecule has 1 nitrogen and oxygen atoms in total. The number of benzene rings is 3. The van der Waals surface area contributed by atoms with Gasteiger partial charge in [0.2, 0.25) is 0 Å². The van der Waals surface area contributed by atoms with Crippen LogP contribution in [0, 0.1) is 0 Å². The van der Waals surface area contributed by atoms with Gasteiger partial charge >= 0.3 is 161 Å². The second-order valence-corrected chi connectivity index (χ2v) is 11.0. The van der Waals surface area contributed by atoms with Crippen LogP contribution in [0.25, 0.3) is 0 Å². The predicted octanol–water partition coefficient (Wildman–Crippen LogP) is 4.65. The van der Waals surface area contributed by atoms with Crippen LogP contribution in [-0.2, 0) is 4.79 Å². The van der Waals surface area contributed by atoms with Gasteiger partial charge in [-0.05, 0) is 0 Å². The molecule has 0 aliphatic carbocycles. The molecule has 0 N–H and O–H groups in total. The van der Waals surface area contributed by atoms with Crippen LogP contribution in [0.4, 0.5) is 0 Å². The zero-order valence-electron chi connectivity index (χ0n) is 14.9. The van der Waals surface area contributed by atoms with Crippen molar-refractivity contribution in [1.82, 2.24) is 0 Å². The number of carbonyl (C=O) groups excluding carboxylic acids is 1. The average Bonchev–Trinajstić information content (AvgIpc) is 2.70. The average molecular weight is 383 g/mol. The quantitative estimate of drug-likeness (QED) is 0.429. The summed E-state index contributed by atoms with van der Waals surface area (Å²) < 4.78 is 0. The van der Waals surface area contributed by atoms with Crippen LogP contribution in [0.1, 0.15) is 19.8 Å². The maximum atomic E-state index is 12.7. The Kier molecular flexibility index (Phi) is 6.25. The molecule has 0 saturated carbocycles. The predicted molar refractivity (Wildman–Crippen MR) is 116 cm³/mol. The van der Waals surface area contributed by atoms with Gasteiger partial charge in [0.25, 0.3) is 0 Å². The van der Waals surface area contributed by atoms with E-state index < -0.39 is 7.26 Å². The van der Waals surface area contributed by atoms with Crippen molar-refractivity contribution in [3.63, 3.8) is 0 Å². The van der Waals surface area contributed by atoms with Gasteiger partial charge in [0, 0.05) is 0 Å². The van der Waals surface area contributed by atoms with Crippen molar-refractivity contribution in [2.75, 3.05) is 0 Å². The minimum atomic E-state index is -2.62. The summed E-state index contributed by atoms with van der Waals surface area (Å²) in [5.74, 6) is 0. The van der Waals surface area contributed by atoms with Crippen LogP contribution < -0.4 is 15.9 Å². The Morgan fingerprint density at radius 1 is 0.769 bits per heavy atom. The van der Waals surface area contributed by atoms with E-state index in [0.717, 1.165) is 12.8 Å². The molecule has 0 radical (unpaired) electrons. The van der Waals surface area contributed by atoms with E-state index in [2.05, 4.69) is 79.7 Å². The van der Waals surface area contributed by atoms with Gasteiger partial charge in [0.15, 0.2) is 0 Å². The normalized spacial score (nSPS) is 13.2. The third kappa shape index (κ3) is 3.47. The number of halogens is 1. The number of rotatable bonds is 7. The van der Waals surface area contributed by atoms with Gasteiger partial charge in [0.1, 0.15) is 0 Å². The van der Waals surface area contributed by atoms with E-state index in [9.17, 15) is 4.79 Å². The fourth-order valence-corrected chi connectivity index (χ4v) is 10.0. The van der Waals surface area contributed by atoms with E-state index in [1.807, 2.05) is 18.2 Å². The van der Waals surface area contributed by atoms with Crippen LogP contribution >= 0.6 is 18.9 Å². The molecule has 0 bridgehead atoms. The molecule has 3 aromatic rings. The van der Waals surface area contributed by atoms with Crippen molar-refractivity contribution in [2.45, 2.75) is 25.4 Å². The molecule has 0 aliphatic rings. The Labute approximate surface area is 161 Å². The molecule has 1 unspecified atom stereocenters. The second kappa shape index (κ2) is 8.62. The second-order valence-electron chi connectivity index (χ2n) is 6.55. The third-order valence-corrected chi connectivity index (χ3v) is 10.8. The first-order chi connectivity index (χ1) is 12.7. The van der Waals surface area contributed by atoms with Crippen molar-refractivity contribution in [3.05, 3.63) is 91.0 Å². The van der Waals surface area contributed by atoms with Gasteiger partial charge in [-0.3, -0.25) is 0 Å². The van der Waals surface area contributed by atoms with E-state index in [1.165, 1.54) is 15.9 Å². The van der Waals surface area contributed by atoms with Crippen LogP contribution in [0.5, 0.6) is 0 Å².